The molecule has 0 aliphatic heterocycles. The summed E-state index contributed by atoms with van der Waals surface area (Å²) in [5, 5.41) is 10.4. The number of urea groups is 1. The summed E-state index contributed by atoms with van der Waals surface area (Å²) in [6.45, 7) is 0.203. The van der Waals surface area contributed by atoms with Crippen molar-refractivity contribution in [2.24, 2.45) is 0 Å². The molecule has 2 heterocycles. The van der Waals surface area contributed by atoms with Crippen LogP contribution in [0.1, 0.15) is 5.89 Å². The summed E-state index contributed by atoms with van der Waals surface area (Å²) in [6, 6.07) is 3.34. The molecule has 0 fully saturated rings. The fourth-order valence-electron chi connectivity index (χ4n) is 1.25. The molecule has 0 bridgehead atoms. The first-order chi connectivity index (χ1) is 8.66. The first kappa shape index (κ1) is 12.0. The maximum absolute atomic E-state index is 11.3. The summed E-state index contributed by atoms with van der Waals surface area (Å²) in [4.78, 5) is 16.6. The number of pyridine rings is 1. The highest BCUT2D eigenvalue weighted by atomic mass is 16.4. The van der Waals surface area contributed by atoms with E-state index in [9.17, 15) is 4.79 Å². The van der Waals surface area contributed by atoms with Gasteiger partial charge in [0.1, 0.15) is 0 Å². The standard InChI is InChI=1S/C11H13N5O2/c1-16(2)11(17)13-7-9-14-15-10(18-9)8-3-5-12-6-4-8/h3-6H,7H2,1-2H3,(H,13,17). The molecule has 7 heteroatoms. The lowest BCUT2D eigenvalue weighted by Gasteiger charge is -2.09. The summed E-state index contributed by atoms with van der Waals surface area (Å²) in [6.07, 6.45) is 3.29. The molecule has 2 rings (SSSR count). The smallest absolute Gasteiger partial charge is 0.317 e. The Morgan fingerprint density at radius 1 is 1.33 bits per heavy atom. The Morgan fingerprint density at radius 2 is 2.06 bits per heavy atom. The Labute approximate surface area is 104 Å². The molecule has 2 aromatic heterocycles. The van der Waals surface area contributed by atoms with Crippen molar-refractivity contribution in [3.05, 3.63) is 30.4 Å². The summed E-state index contributed by atoms with van der Waals surface area (Å²) in [7, 11) is 3.32. The normalized spacial score (nSPS) is 10.1. The topological polar surface area (TPSA) is 84.2 Å². The summed E-state index contributed by atoms with van der Waals surface area (Å²) in [5.74, 6) is 0.767. The molecule has 2 amide bonds. The Kier molecular flexibility index (Phi) is 3.52. The lowest BCUT2D eigenvalue weighted by molar-refractivity contribution is 0.216. The molecule has 0 radical (unpaired) electrons. The second-order valence-corrected chi connectivity index (χ2v) is 3.79. The number of aromatic nitrogens is 3. The van der Waals surface area contributed by atoms with Gasteiger partial charge in [-0.2, -0.15) is 0 Å². The van der Waals surface area contributed by atoms with Crippen molar-refractivity contribution in [3.63, 3.8) is 0 Å². The lowest BCUT2D eigenvalue weighted by atomic mass is 10.3. The molecule has 0 atom stereocenters. The molecule has 0 unspecified atom stereocenters. The SMILES string of the molecule is CN(C)C(=O)NCc1nnc(-c2ccncc2)o1. The Balaban J connectivity index is 2.01. The second-order valence-electron chi connectivity index (χ2n) is 3.79. The van der Waals surface area contributed by atoms with Gasteiger partial charge in [0.25, 0.3) is 0 Å². The minimum Gasteiger partial charge on any atom is -0.419 e. The van der Waals surface area contributed by atoms with Crippen LogP contribution < -0.4 is 5.32 Å². The lowest BCUT2D eigenvalue weighted by Crippen LogP contribution is -2.34. The van der Waals surface area contributed by atoms with Gasteiger partial charge in [-0.3, -0.25) is 4.98 Å². The molecular weight excluding hydrogens is 234 g/mol. The number of carbonyl (C=O) groups is 1. The number of nitrogens with zero attached hydrogens (tertiary/aromatic N) is 4. The zero-order valence-corrected chi connectivity index (χ0v) is 10.1. The summed E-state index contributed by atoms with van der Waals surface area (Å²) in [5.41, 5.74) is 0.794. The highest BCUT2D eigenvalue weighted by Crippen LogP contribution is 2.15. The van der Waals surface area contributed by atoms with Crippen LogP contribution in [0.25, 0.3) is 11.5 Å². The summed E-state index contributed by atoms with van der Waals surface area (Å²) >= 11 is 0. The largest absolute Gasteiger partial charge is 0.419 e. The molecule has 0 aliphatic rings. The van der Waals surface area contributed by atoms with Gasteiger partial charge in [-0.1, -0.05) is 0 Å². The third-order valence-electron chi connectivity index (χ3n) is 2.19. The number of carbonyl (C=O) groups excluding carboxylic acids is 1. The Morgan fingerprint density at radius 3 is 2.72 bits per heavy atom. The second kappa shape index (κ2) is 5.26. The quantitative estimate of drug-likeness (QED) is 0.871. The van der Waals surface area contributed by atoms with Gasteiger partial charge in [-0.25, -0.2) is 4.79 Å². The van der Waals surface area contributed by atoms with Crippen molar-refractivity contribution >= 4 is 6.03 Å². The van der Waals surface area contributed by atoms with Crippen LogP contribution in [0.3, 0.4) is 0 Å². The van der Waals surface area contributed by atoms with Gasteiger partial charge in [0.2, 0.25) is 11.8 Å². The zero-order chi connectivity index (χ0) is 13.0. The monoisotopic (exact) mass is 247 g/mol. The van der Waals surface area contributed by atoms with Crippen molar-refractivity contribution in [2.75, 3.05) is 14.1 Å². The van der Waals surface area contributed by atoms with Crippen LogP contribution in [-0.4, -0.2) is 40.2 Å². The van der Waals surface area contributed by atoms with Crippen LogP contribution in [0.15, 0.2) is 28.9 Å². The van der Waals surface area contributed by atoms with Gasteiger partial charge in [-0.05, 0) is 12.1 Å². The van der Waals surface area contributed by atoms with E-state index in [2.05, 4.69) is 20.5 Å². The summed E-state index contributed by atoms with van der Waals surface area (Å²) < 4.78 is 5.42. The first-order valence-corrected chi connectivity index (χ1v) is 5.35. The van der Waals surface area contributed by atoms with Crippen LogP contribution in [0.5, 0.6) is 0 Å². The van der Waals surface area contributed by atoms with Crippen molar-refractivity contribution < 1.29 is 9.21 Å². The third kappa shape index (κ3) is 2.82. The van der Waals surface area contributed by atoms with Gasteiger partial charge < -0.3 is 14.6 Å². The number of nitrogens with one attached hydrogen (secondary N) is 1. The molecule has 0 saturated heterocycles. The highest BCUT2D eigenvalue weighted by Gasteiger charge is 2.09. The zero-order valence-electron chi connectivity index (χ0n) is 10.1. The molecule has 0 aromatic carbocycles. The van der Waals surface area contributed by atoms with E-state index in [0.29, 0.717) is 11.8 Å². The number of amides is 2. The number of hydrogen-bond donors (Lipinski definition) is 1. The van der Waals surface area contributed by atoms with E-state index in [1.165, 1.54) is 4.90 Å². The van der Waals surface area contributed by atoms with Crippen LogP contribution in [0, 0.1) is 0 Å². The molecule has 0 saturated carbocycles. The van der Waals surface area contributed by atoms with Gasteiger partial charge in [-0.15, -0.1) is 10.2 Å². The van der Waals surface area contributed by atoms with Crippen molar-refractivity contribution in [3.8, 4) is 11.5 Å². The van der Waals surface area contributed by atoms with Crippen LogP contribution in [0.2, 0.25) is 0 Å². The fraction of sp³-hybridized carbons (Fsp3) is 0.273. The Hall–Kier alpha value is -2.44. The molecule has 0 aliphatic carbocycles. The molecular formula is C11H13N5O2. The van der Waals surface area contributed by atoms with Gasteiger partial charge >= 0.3 is 6.03 Å². The molecule has 7 nitrogen and oxygen atoms in total. The highest BCUT2D eigenvalue weighted by molar-refractivity contribution is 5.73. The van der Waals surface area contributed by atoms with Gasteiger partial charge in [0.15, 0.2) is 0 Å². The van der Waals surface area contributed by atoms with E-state index < -0.39 is 0 Å². The van der Waals surface area contributed by atoms with E-state index in [4.69, 9.17) is 4.42 Å². The predicted octanol–water partition coefficient (Wildman–Crippen LogP) is 0.903. The molecule has 0 spiro atoms. The third-order valence-corrected chi connectivity index (χ3v) is 2.19. The Bertz CT molecular complexity index is 523. The maximum Gasteiger partial charge on any atom is 0.317 e. The van der Waals surface area contributed by atoms with Crippen molar-refractivity contribution in [1.29, 1.82) is 0 Å². The maximum atomic E-state index is 11.3. The van der Waals surface area contributed by atoms with Crippen molar-refractivity contribution in [2.45, 2.75) is 6.54 Å². The van der Waals surface area contributed by atoms with Crippen molar-refractivity contribution in [1.82, 2.24) is 25.4 Å². The minimum atomic E-state index is -0.210. The molecule has 94 valence electrons. The molecule has 1 N–H and O–H groups in total. The van der Waals surface area contributed by atoms with E-state index in [1.54, 1.807) is 38.6 Å². The predicted molar refractivity (Wildman–Crippen MR) is 63.5 cm³/mol. The van der Waals surface area contributed by atoms with Crippen LogP contribution >= 0.6 is 0 Å². The van der Waals surface area contributed by atoms with Crippen LogP contribution in [0.4, 0.5) is 4.79 Å². The van der Waals surface area contributed by atoms with E-state index in [-0.39, 0.29) is 12.6 Å². The average Bonchev–Trinajstić information content (AvgIpc) is 2.85. The molecule has 2 aromatic rings. The fourth-order valence-corrected chi connectivity index (χ4v) is 1.25. The van der Waals surface area contributed by atoms with Gasteiger partial charge in [0, 0.05) is 32.1 Å². The van der Waals surface area contributed by atoms with E-state index in [0.717, 1.165) is 5.56 Å². The first-order valence-electron chi connectivity index (χ1n) is 5.35. The minimum absolute atomic E-state index is 0.203. The van der Waals surface area contributed by atoms with E-state index >= 15 is 0 Å². The molecule has 18 heavy (non-hydrogen) atoms. The number of hydrogen-bond acceptors (Lipinski definition) is 5. The van der Waals surface area contributed by atoms with Crippen LogP contribution in [-0.2, 0) is 6.54 Å². The van der Waals surface area contributed by atoms with E-state index in [1.807, 2.05) is 0 Å². The van der Waals surface area contributed by atoms with Gasteiger partial charge in [0.05, 0.1) is 6.54 Å². The number of rotatable bonds is 3. The average molecular weight is 247 g/mol.